The van der Waals surface area contributed by atoms with Crippen molar-refractivity contribution in [2.45, 2.75) is 25.1 Å². The highest BCUT2D eigenvalue weighted by atomic mass is 35.5. The molecule has 0 aliphatic carbocycles. The van der Waals surface area contributed by atoms with Crippen LogP contribution in [0, 0.1) is 0 Å². The van der Waals surface area contributed by atoms with Crippen molar-refractivity contribution in [3.63, 3.8) is 0 Å². The first-order chi connectivity index (χ1) is 9.56. The van der Waals surface area contributed by atoms with E-state index in [2.05, 4.69) is 4.98 Å². The molecule has 106 valence electrons. The number of halogens is 1. The minimum atomic E-state index is -0.245. The van der Waals surface area contributed by atoms with E-state index in [-0.39, 0.29) is 17.8 Å². The van der Waals surface area contributed by atoms with Crippen molar-refractivity contribution in [2.24, 2.45) is 0 Å². The Morgan fingerprint density at radius 2 is 2.30 bits per heavy atom. The van der Waals surface area contributed by atoms with Gasteiger partial charge in [0.05, 0.1) is 11.9 Å². The second-order valence-corrected chi connectivity index (χ2v) is 5.77. The van der Waals surface area contributed by atoms with E-state index in [1.54, 1.807) is 6.20 Å². The maximum absolute atomic E-state index is 11.5. The molecule has 6 heteroatoms. The van der Waals surface area contributed by atoms with Crippen LogP contribution in [0.1, 0.15) is 13.8 Å². The fourth-order valence-corrected chi connectivity index (χ4v) is 2.58. The maximum Gasteiger partial charge on any atom is 0.316 e. The molecule has 0 bridgehead atoms. The molecule has 0 unspecified atom stereocenters. The lowest BCUT2D eigenvalue weighted by Crippen LogP contribution is -2.13. The average Bonchev–Trinajstić information content (AvgIpc) is 2.84. The van der Waals surface area contributed by atoms with Crippen molar-refractivity contribution in [2.75, 3.05) is 5.75 Å². The minimum Gasteiger partial charge on any atom is -0.462 e. The molecular weight excluding hydrogens is 296 g/mol. The van der Waals surface area contributed by atoms with Crippen LogP contribution >= 0.6 is 23.4 Å². The van der Waals surface area contributed by atoms with E-state index in [1.165, 1.54) is 11.8 Å². The molecule has 0 atom stereocenters. The monoisotopic (exact) mass is 310 g/mol. The SMILES string of the molecule is CC(C)OC(=O)CSc1nccn1-c1cccc(Cl)c1. The number of nitrogens with zero attached hydrogens (tertiary/aromatic N) is 2. The van der Waals surface area contributed by atoms with Crippen LogP contribution in [0.15, 0.2) is 41.8 Å². The van der Waals surface area contributed by atoms with E-state index in [1.807, 2.05) is 48.9 Å². The fourth-order valence-electron chi connectivity index (χ4n) is 1.64. The van der Waals surface area contributed by atoms with Crippen molar-refractivity contribution in [1.29, 1.82) is 0 Å². The Hall–Kier alpha value is -1.46. The molecule has 0 aliphatic rings. The number of carbonyl (C=O) groups excluding carboxylic acids is 1. The number of aromatic nitrogens is 2. The second-order valence-electron chi connectivity index (χ2n) is 4.39. The summed E-state index contributed by atoms with van der Waals surface area (Å²) in [6, 6.07) is 7.47. The van der Waals surface area contributed by atoms with Gasteiger partial charge in [-0.3, -0.25) is 9.36 Å². The van der Waals surface area contributed by atoms with Crippen LogP contribution in [-0.4, -0.2) is 27.4 Å². The van der Waals surface area contributed by atoms with Crippen molar-refractivity contribution in [3.8, 4) is 5.69 Å². The van der Waals surface area contributed by atoms with Crippen molar-refractivity contribution >= 4 is 29.3 Å². The lowest BCUT2D eigenvalue weighted by molar-refractivity contribution is -0.144. The highest BCUT2D eigenvalue weighted by Gasteiger charge is 2.11. The fraction of sp³-hybridized carbons (Fsp3) is 0.286. The molecule has 0 radical (unpaired) electrons. The third kappa shape index (κ3) is 4.02. The summed E-state index contributed by atoms with van der Waals surface area (Å²) in [4.78, 5) is 15.8. The number of hydrogen-bond acceptors (Lipinski definition) is 4. The highest BCUT2D eigenvalue weighted by Crippen LogP contribution is 2.22. The first kappa shape index (κ1) is 14.9. The Balaban J connectivity index is 2.08. The van der Waals surface area contributed by atoms with Crippen LogP contribution in [0.5, 0.6) is 0 Å². The molecule has 0 N–H and O–H groups in total. The molecule has 20 heavy (non-hydrogen) atoms. The molecule has 0 amide bonds. The zero-order valence-corrected chi connectivity index (χ0v) is 12.8. The van der Waals surface area contributed by atoms with Gasteiger partial charge in [-0.2, -0.15) is 0 Å². The summed E-state index contributed by atoms with van der Waals surface area (Å²) in [6.45, 7) is 3.66. The van der Waals surface area contributed by atoms with Crippen LogP contribution in [-0.2, 0) is 9.53 Å². The molecule has 2 aromatic rings. The van der Waals surface area contributed by atoms with Crippen molar-refractivity contribution in [3.05, 3.63) is 41.7 Å². The molecule has 0 fully saturated rings. The number of benzene rings is 1. The van der Waals surface area contributed by atoms with Gasteiger partial charge in [0.1, 0.15) is 0 Å². The lowest BCUT2D eigenvalue weighted by Gasteiger charge is -2.09. The maximum atomic E-state index is 11.5. The summed E-state index contributed by atoms with van der Waals surface area (Å²) in [5.74, 6) is -0.0129. The van der Waals surface area contributed by atoms with Crippen LogP contribution in [0.4, 0.5) is 0 Å². The van der Waals surface area contributed by atoms with Gasteiger partial charge in [0.25, 0.3) is 0 Å². The zero-order chi connectivity index (χ0) is 14.5. The van der Waals surface area contributed by atoms with Gasteiger partial charge in [-0.05, 0) is 32.0 Å². The summed E-state index contributed by atoms with van der Waals surface area (Å²) < 4.78 is 6.98. The molecule has 0 saturated heterocycles. The Morgan fingerprint density at radius 3 is 3.00 bits per heavy atom. The molecule has 4 nitrogen and oxygen atoms in total. The van der Waals surface area contributed by atoms with Gasteiger partial charge < -0.3 is 4.74 Å². The third-order valence-electron chi connectivity index (χ3n) is 2.38. The summed E-state index contributed by atoms with van der Waals surface area (Å²) in [7, 11) is 0. The van der Waals surface area contributed by atoms with E-state index in [0.29, 0.717) is 5.02 Å². The number of esters is 1. The second kappa shape index (κ2) is 6.81. The number of hydrogen-bond donors (Lipinski definition) is 0. The van der Waals surface area contributed by atoms with Crippen LogP contribution in [0.2, 0.25) is 5.02 Å². The van der Waals surface area contributed by atoms with Crippen LogP contribution in [0.25, 0.3) is 5.69 Å². The largest absolute Gasteiger partial charge is 0.462 e. The highest BCUT2D eigenvalue weighted by molar-refractivity contribution is 7.99. The molecule has 1 aromatic heterocycles. The van der Waals surface area contributed by atoms with Gasteiger partial charge in [0.2, 0.25) is 0 Å². The molecule has 0 spiro atoms. The Kier molecular flexibility index (Phi) is 5.09. The predicted octanol–water partition coefficient (Wildman–Crippen LogP) is 3.57. The van der Waals surface area contributed by atoms with E-state index < -0.39 is 0 Å². The first-order valence-corrected chi connectivity index (χ1v) is 7.54. The van der Waals surface area contributed by atoms with Gasteiger partial charge >= 0.3 is 5.97 Å². The summed E-state index contributed by atoms with van der Waals surface area (Å²) in [6.07, 6.45) is 3.43. The number of imidazole rings is 1. The molecule has 1 heterocycles. The molecule has 0 aliphatic heterocycles. The van der Waals surface area contributed by atoms with E-state index in [9.17, 15) is 4.79 Å². The number of thioether (sulfide) groups is 1. The molecule has 2 rings (SSSR count). The summed E-state index contributed by atoms with van der Waals surface area (Å²) in [5.41, 5.74) is 0.912. The average molecular weight is 311 g/mol. The number of rotatable bonds is 5. The van der Waals surface area contributed by atoms with Crippen molar-refractivity contribution in [1.82, 2.24) is 9.55 Å². The lowest BCUT2D eigenvalue weighted by atomic mass is 10.3. The number of ether oxygens (including phenoxy) is 1. The van der Waals surface area contributed by atoms with Gasteiger partial charge in [0.15, 0.2) is 5.16 Å². The number of carbonyl (C=O) groups is 1. The zero-order valence-electron chi connectivity index (χ0n) is 11.2. The Bertz CT molecular complexity index is 598. The van der Waals surface area contributed by atoms with E-state index in [4.69, 9.17) is 16.3 Å². The Labute approximate surface area is 127 Å². The summed E-state index contributed by atoms with van der Waals surface area (Å²) in [5, 5.41) is 1.39. The smallest absolute Gasteiger partial charge is 0.316 e. The van der Waals surface area contributed by atoms with E-state index >= 15 is 0 Å². The summed E-state index contributed by atoms with van der Waals surface area (Å²) >= 11 is 7.32. The Morgan fingerprint density at radius 1 is 1.50 bits per heavy atom. The molecular formula is C14H15ClN2O2S. The van der Waals surface area contributed by atoms with Gasteiger partial charge in [-0.15, -0.1) is 0 Å². The first-order valence-electron chi connectivity index (χ1n) is 6.18. The van der Waals surface area contributed by atoms with Gasteiger partial charge in [-0.1, -0.05) is 29.4 Å². The van der Waals surface area contributed by atoms with Crippen LogP contribution < -0.4 is 0 Å². The van der Waals surface area contributed by atoms with Crippen molar-refractivity contribution < 1.29 is 9.53 Å². The van der Waals surface area contributed by atoms with Crippen LogP contribution in [0.3, 0.4) is 0 Å². The third-order valence-corrected chi connectivity index (χ3v) is 3.55. The standard InChI is InChI=1S/C14H15ClN2O2S/c1-10(2)19-13(18)9-20-14-16-6-7-17(14)12-5-3-4-11(15)8-12/h3-8,10H,9H2,1-2H3. The van der Waals surface area contributed by atoms with Gasteiger partial charge in [0, 0.05) is 23.1 Å². The normalized spacial score (nSPS) is 10.8. The van der Waals surface area contributed by atoms with E-state index in [0.717, 1.165) is 10.8 Å². The molecule has 1 aromatic carbocycles. The topological polar surface area (TPSA) is 44.1 Å². The predicted molar refractivity (Wildman–Crippen MR) is 80.5 cm³/mol. The van der Waals surface area contributed by atoms with Gasteiger partial charge in [-0.25, -0.2) is 4.98 Å². The quantitative estimate of drug-likeness (QED) is 0.625. The minimum absolute atomic E-state index is 0.101. The molecule has 0 saturated carbocycles.